The Labute approximate surface area is 117 Å². The van der Waals surface area contributed by atoms with Crippen LogP contribution in [0.2, 0.25) is 0 Å². The topological polar surface area (TPSA) is 89.5 Å². The number of rotatable bonds is 3. The molecule has 0 aromatic heterocycles. The Morgan fingerprint density at radius 2 is 2.10 bits per heavy atom. The molecule has 0 bridgehead atoms. The molecule has 2 rings (SSSR count). The minimum atomic E-state index is -0.471. The monoisotopic (exact) mass is 277 g/mol. The van der Waals surface area contributed by atoms with Gasteiger partial charge in [0.15, 0.2) is 0 Å². The zero-order valence-electron chi connectivity index (χ0n) is 11.5. The molecule has 108 valence electrons. The molecule has 1 aromatic carbocycles. The van der Waals surface area contributed by atoms with E-state index in [4.69, 9.17) is 5.73 Å². The quantitative estimate of drug-likeness (QED) is 0.672. The molecule has 6 heteroatoms. The van der Waals surface area contributed by atoms with Crippen LogP contribution in [-0.2, 0) is 0 Å². The van der Waals surface area contributed by atoms with Crippen LogP contribution in [-0.4, -0.2) is 35.4 Å². The molecule has 0 spiro atoms. The Hall–Kier alpha value is -1.95. The number of hydrogen-bond donors (Lipinski definition) is 1. The molecule has 1 aliphatic heterocycles. The molecule has 2 unspecified atom stereocenters. The molecule has 0 saturated carbocycles. The Kier molecular flexibility index (Phi) is 4.34. The third-order valence-electron chi connectivity index (χ3n) is 4.03. The fourth-order valence-corrected chi connectivity index (χ4v) is 2.55. The number of nitrogens with zero attached hydrogens (tertiary/aromatic N) is 2. The Morgan fingerprint density at radius 1 is 1.45 bits per heavy atom. The molecule has 1 amide bonds. The summed E-state index contributed by atoms with van der Waals surface area (Å²) < 4.78 is 0. The van der Waals surface area contributed by atoms with Gasteiger partial charge in [0, 0.05) is 30.8 Å². The van der Waals surface area contributed by atoms with E-state index in [0.29, 0.717) is 37.0 Å². The number of hydrogen-bond acceptors (Lipinski definition) is 4. The highest BCUT2D eigenvalue weighted by atomic mass is 16.6. The summed E-state index contributed by atoms with van der Waals surface area (Å²) in [6, 6.07) is 5.74. The number of benzene rings is 1. The molecule has 1 saturated heterocycles. The van der Waals surface area contributed by atoms with Crippen molar-refractivity contribution in [2.75, 3.05) is 19.6 Å². The SMILES string of the molecule is CC1CCN(C(=O)c2ccc([N+](=O)[O-])cc2)CC1CN. The lowest BCUT2D eigenvalue weighted by Crippen LogP contribution is -2.45. The van der Waals surface area contributed by atoms with E-state index < -0.39 is 4.92 Å². The first-order chi connectivity index (χ1) is 9.52. The molecule has 20 heavy (non-hydrogen) atoms. The van der Waals surface area contributed by atoms with Gasteiger partial charge >= 0.3 is 0 Å². The van der Waals surface area contributed by atoms with Gasteiger partial charge in [0.05, 0.1) is 4.92 Å². The Balaban J connectivity index is 2.09. The number of nitro benzene ring substituents is 1. The molecule has 1 fully saturated rings. The van der Waals surface area contributed by atoms with E-state index in [2.05, 4.69) is 6.92 Å². The van der Waals surface area contributed by atoms with Gasteiger partial charge in [-0.05, 0) is 36.9 Å². The van der Waals surface area contributed by atoms with Crippen LogP contribution in [0.3, 0.4) is 0 Å². The minimum absolute atomic E-state index is 0.00588. The van der Waals surface area contributed by atoms with Gasteiger partial charge in [-0.3, -0.25) is 14.9 Å². The van der Waals surface area contributed by atoms with Crippen LogP contribution < -0.4 is 5.73 Å². The van der Waals surface area contributed by atoms with E-state index in [9.17, 15) is 14.9 Å². The number of nitrogens with two attached hydrogens (primary N) is 1. The second-order valence-corrected chi connectivity index (χ2v) is 5.32. The van der Waals surface area contributed by atoms with Gasteiger partial charge in [0.2, 0.25) is 0 Å². The Morgan fingerprint density at radius 3 is 2.65 bits per heavy atom. The molecule has 0 aliphatic carbocycles. The van der Waals surface area contributed by atoms with E-state index >= 15 is 0 Å². The van der Waals surface area contributed by atoms with Crippen LogP contribution in [0.4, 0.5) is 5.69 Å². The first-order valence-electron chi connectivity index (χ1n) is 6.76. The average molecular weight is 277 g/mol. The van der Waals surface area contributed by atoms with Crippen molar-refractivity contribution in [3.8, 4) is 0 Å². The summed E-state index contributed by atoms with van der Waals surface area (Å²) in [7, 11) is 0. The summed E-state index contributed by atoms with van der Waals surface area (Å²) in [5.74, 6) is 0.775. The van der Waals surface area contributed by atoms with Gasteiger partial charge in [-0.1, -0.05) is 6.92 Å². The third kappa shape index (κ3) is 2.96. The van der Waals surface area contributed by atoms with Gasteiger partial charge in [-0.2, -0.15) is 0 Å². The van der Waals surface area contributed by atoms with Crippen LogP contribution in [0.15, 0.2) is 24.3 Å². The second-order valence-electron chi connectivity index (χ2n) is 5.32. The van der Waals surface area contributed by atoms with Gasteiger partial charge in [0.1, 0.15) is 0 Å². The van der Waals surface area contributed by atoms with Crippen molar-refractivity contribution in [1.82, 2.24) is 4.90 Å². The zero-order valence-corrected chi connectivity index (χ0v) is 11.5. The summed E-state index contributed by atoms with van der Waals surface area (Å²) in [4.78, 5) is 24.3. The minimum Gasteiger partial charge on any atom is -0.338 e. The van der Waals surface area contributed by atoms with Crippen LogP contribution in [0.1, 0.15) is 23.7 Å². The smallest absolute Gasteiger partial charge is 0.269 e. The molecule has 1 aromatic rings. The van der Waals surface area contributed by atoms with Crippen molar-refractivity contribution in [3.05, 3.63) is 39.9 Å². The maximum atomic E-state index is 12.4. The number of non-ortho nitro benzene ring substituents is 1. The van der Waals surface area contributed by atoms with Crippen LogP contribution in [0.25, 0.3) is 0 Å². The van der Waals surface area contributed by atoms with Crippen molar-refractivity contribution < 1.29 is 9.72 Å². The number of carbonyl (C=O) groups is 1. The summed E-state index contributed by atoms with van der Waals surface area (Å²) in [6.07, 6.45) is 0.945. The number of piperidine rings is 1. The zero-order chi connectivity index (χ0) is 14.7. The summed E-state index contributed by atoms with van der Waals surface area (Å²) in [5, 5.41) is 10.6. The predicted octanol–water partition coefficient (Wildman–Crippen LogP) is 1.65. The molecule has 0 radical (unpaired) electrons. The highest BCUT2D eigenvalue weighted by Crippen LogP contribution is 2.24. The summed E-state index contributed by atoms with van der Waals surface area (Å²) in [5.41, 5.74) is 6.22. The lowest BCUT2D eigenvalue weighted by molar-refractivity contribution is -0.384. The number of carbonyl (C=O) groups excluding carboxylic acids is 1. The largest absolute Gasteiger partial charge is 0.338 e. The van der Waals surface area contributed by atoms with Gasteiger partial charge in [0.25, 0.3) is 11.6 Å². The van der Waals surface area contributed by atoms with Crippen molar-refractivity contribution in [3.63, 3.8) is 0 Å². The van der Waals surface area contributed by atoms with Crippen molar-refractivity contribution in [2.24, 2.45) is 17.6 Å². The van der Waals surface area contributed by atoms with Gasteiger partial charge in [-0.25, -0.2) is 0 Å². The van der Waals surface area contributed by atoms with E-state index in [0.717, 1.165) is 6.42 Å². The van der Waals surface area contributed by atoms with Crippen molar-refractivity contribution >= 4 is 11.6 Å². The highest BCUT2D eigenvalue weighted by Gasteiger charge is 2.28. The van der Waals surface area contributed by atoms with Crippen LogP contribution >= 0.6 is 0 Å². The summed E-state index contributed by atoms with van der Waals surface area (Å²) in [6.45, 7) is 4.11. The van der Waals surface area contributed by atoms with E-state index in [1.165, 1.54) is 24.3 Å². The molecule has 2 atom stereocenters. The number of likely N-dealkylation sites (tertiary alicyclic amines) is 1. The standard InChI is InChI=1S/C14H19N3O3/c1-10-6-7-16(9-12(10)8-15)14(18)11-2-4-13(5-3-11)17(19)20/h2-5,10,12H,6-9,15H2,1H3. The van der Waals surface area contributed by atoms with Crippen LogP contribution in [0, 0.1) is 22.0 Å². The van der Waals surface area contributed by atoms with Crippen molar-refractivity contribution in [1.29, 1.82) is 0 Å². The molecule has 6 nitrogen and oxygen atoms in total. The average Bonchev–Trinajstić information content (AvgIpc) is 2.47. The number of amides is 1. The molecular formula is C14H19N3O3. The van der Waals surface area contributed by atoms with Gasteiger partial charge in [-0.15, -0.1) is 0 Å². The van der Waals surface area contributed by atoms with E-state index in [1.54, 1.807) is 4.90 Å². The van der Waals surface area contributed by atoms with Crippen LogP contribution in [0.5, 0.6) is 0 Å². The first kappa shape index (κ1) is 14.5. The normalized spacial score (nSPS) is 22.6. The Bertz CT molecular complexity index is 501. The molecule has 1 aliphatic rings. The lowest BCUT2D eigenvalue weighted by Gasteiger charge is -2.36. The van der Waals surface area contributed by atoms with E-state index in [-0.39, 0.29) is 11.6 Å². The van der Waals surface area contributed by atoms with E-state index in [1.807, 2.05) is 0 Å². The first-order valence-corrected chi connectivity index (χ1v) is 6.76. The maximum Gasteiger partial charge on any atom is 0.269 e. The molecular weight excluding hydrogens is 258 g/mol. The second kappa shape index (κ2) is 6.00. The third-order valence-corrected chi connectivity index (χ3v) is 4.03. The molecule has 2 N–H and O–H groups in total. The fourth-order valence-electron chi connectivity index (χ4n) is 2.55. The van der Waals surface area contributed by atoms with Crippen molar-refractivity contribution in [2.45, 2.75) is 13.3 Å². The maximum absolute atomic E-state index is 12.4. The predicted molar refractivity (Wildman–Crippen MR) is 75.3 cm³/mol. The lowest BCUT2D eigenvalue weighted by atomic mass is 9.87. The number of nitro groups is 1. The highest BCUT2D eigenvalue weighted by molar-refractivity contribution is 5.94. The molecule has 1 heterocycles. The van der Waals surface area contributed by atoms with Gasteiger partial charge < -0.3 is 10.6 Å². The summed E-state index contributed by atoms with van der Waals surface area (Å²) >= 11 is 0. The fraction of sp³-hybridized carbons (Fsp3) is 0.500.